The van der Waals surface area contributed by atoms with Crippen LogP contribution in [0, 0.1) is 6.92 Å². The molecule has 23 rings (SSSR count). The molecule has 0 fully saturated rings. The van der Waals surface area contributed by atoms with E-state index in [1.54, 1.807) is 0 Å². The number of ether oxygens (including phenoxy) is 2. The summed E-state index contributed by atoms with van der Waals surface area (Å²) in [6.45, 7) is 2.09. The molecule has 6 heteroatoms. The molecule has 0 aliphatic carbocycles. The van der Waals surface area contributed by atoms with Crippen LogP contribution >= 0.6 is 0 Å². The second-order valence-electron chi connectivity index (χ2n) is 29.2. The number of benzene rings is 19. The Bertz CT molecular complexity index is 6940. The molecule has 4 aliphatic heterocycles. The van der Waals surface area contributed by atoms with Crippen molar-refractivity contribution in [3.05, 3.63) is 362 Å². The van der Waals surface area contributed by atoms with Gasteiger partial charge in [0.1, 0.15) is 23.0 Å². The van der Waals surface area contributed by atoms with Crippen LogP contribution in [-0.4, -0.2) is 13.4 Å². The molecule has 4 heterocycles. The molecule has 0 radical (unpaired) electrons. The zero-order valence-corrected chi connectivity index (χ0v) is 58.0. The van der Waals surface area contributed by atoms with Gasteiger partial charge in [0.2, 0.25) is 0 Å². The molecule has 0 saturated carbocycles. The van der Waals surface area contributed by atoms with Crippen LogP contribution in [-0.2, 0) is 6.42 Å². The topological polar surface area (TPSA) is 24.9 Å². The zero-order chi connectivity index (χ0) is 69.4. The van der Waals surface area contributed by atoms with Crippen molar-refractivity contribution in [1.29, 1.82) is 0 Å². The lowest BCUT2D eigenvalue weighted by atomic mass is 9.33. The van der Waals surface area contributed by atoms with E-state index < -0.39 is 0 Å². The van der Waals surface area contributed by atoms with E-state index >= 15 is 0 Å². The van der Waals surface area contributed by atoms with Crippen molar-refractivity contribution in [2.24, 2.45) is 0 Å². The molecule has 0 bridgehead atoms. The average molecular weight is 1350 g/mol. The highest BCUT2D eigenvalue weighted by molar-refractivity contribution is 7.00. The van der Waals surface area contributed by atoms with Crippen molar-refractivity contribution < 1.29 is 9.47 Å². The van der Waals surface area contributed by atoms with Crippen molar-refractivity contribution in [1.82, 2.24) is 0 Å². The fourth-order valence-corrected chi connectivity index (χ4v) is 19.1. The van der Waals surface area contributed by atoms with E-state index in [4.69, 9.17) is 9.47 Å². The highest BCUT2D eigenvalue weighted by Crippen LogP contribution is 2.50. The smallest absolute Gasteiger partial charge is 0.260 e. The van der Waals surface area contributed by atoms with E-state index in [1.807, 2.05) is 0 Å². The average Bonchev–Trinajstić information content (AvgIpc) is 0.707. The fraction of sp³-hybridized carbons (Fsp3) is 0.0200. The summed E-state index contributed by atoms with van der Waals surface area (Å²) in [4.78, 5) is 5.01. The Morgan fingerprint density at radius 3 is 1.15 bits per heavy atom. The first-order valence-electron chi connectivity index (χ1n) is 37.0. The van der Waals surface area contributed by atoms with Gasteiger partial charge in [0.25, 0.3) is 13.4 Å². The van der Waals surface area contributed by atoms with Gasteiger partial charge in [-0.25, -0.2) is 0 Å². The highest BCUT2D eigenvalue weighted by Gasteiger charge is 2.45. The summed E-state index contributed by atoms with van der Waals surface area (Å²) >= 11 is 0. The summed E-state index contributed by atoms with van der Waals surface area (Å²) in [5.74, 6) is 3.49. The molecule has 4 nitrogen and oxygen atoms in total. The molecule has 0 unspecified atom stereocenters. The number of nitrogens with zero attached hydrogens (tertiary/aromatic N) is 2. The minimum absolute atomic E-state index is 0.0239. The lowest BCUT2D eigenvalue weighted by molar-refractivity contribution is 0.461. The van der Waals surface area contributed by atoms with Crippen LogP contribution in [0.25, 0.3) is 120 Å². The predicted octanol–water partition coefficient (Wildman–Crippen LogP) is 22.6. The van der Waals surface area contributed by atoms with Crippen molar-refractivity contribution >= 4 is 167 Å². The molecule has 106 heavy (non-hydrogen) atoms. The third-order valence-corrected chi connectivity index (χ3v) is 23.7. The van der Waals surface area contributed by atoms with Crippen molar-refractivity contribution in [3.8, 4) is 56.4 Å². The van der Waals surface area contributed by atoms with E-state index in [9.17, 15) is 0 Å². The molecular formula is C100H62B2N2O2. The van der Waals surface area contributed by atoms with Gasteiger partial charge in [0.05, 0.1) is 0 Å². The van der Waals surface area contributed by atoms with Crippen LogP contribution in [0.3, 0.4) is 0 Å². The monoisotopic (exact) mass is 1340 g/mol. The van der Waals surface area contributed by atoms with Crippen LogP contribution in [0.15, 0.2) is 346 Å². The molecule has 0 spiro atoms. The first-order valence-corrected chi connectivity index (χ1v) is 37.0. The second kappa shape index (κ2) is 22.8. The Morgan fingerprint density at radius 2 is 0.632 bits per heavy atom. The van der Waals surface area contributed by atoms with Gasteiger partial charge in [-0.1, -0.05) is 267 Å². The molecule has 4 aliphatic rings. The standard InChI is InChI=1S/C100H62B2N2O2/c1-60-74-30-9-2-27-69(74)56-86-99(60)105-92-58-71(96-78-34-13-6-24-65(78)53-66-25-7-14-35-79(66)96)59-93-98(92)102(86)87-57-70-28-3-10-31-75(70)83(100(87)106-93)55-68-29-20-37-81-82(68)54-67-26-8-15-36-80(67)95(81)62-46-50-73(51-47-62)104-89-41-19-17-39-85(89)101-84-38-16-18-40-88(84)103(90-42-21-43-91(104)97(90)101)72-48-44-61(45-49-72)94-76-32-11-4-22-63(76)52-64-23-5-12-33-77(64)94/h2-54,56-59H,55H2,1H3. The van der Waals surface area contributed by atoms with E-state index in [-0.39, 0.29) is 13.4 Å². The maximum Gasteiger partial charge on any atom is 0.260 e. The normalized spacial score (nSPS) is 13.1. The van der Waals surface area contributed by atoms with Gasteiger partial charge in [-0.3, -0.25) is 0 Å². The fourth-order valence-electron chi connectivity index (χ4n) is 19.1. The summed E-state index contributed by atoms with van der Waals surface area (Å²) in [7, 11) is 0. The van der Waals surface area contributed by atoms with Crippen LogP contribution in [0.2, 0.25) is 0 Å². The van der Waals surface area contributed by atoms with E-state index in [0.29, 0.717) is 6.42 Å². The molecule has 0 N–H and O–H groups in total. The maximum absolute atomic E-state index is 7.75. The number of hydrogen-bond acceptors (Lipinski definition) is 4. The summed E-state index contributed by atoms with van der Waals surface area (Å²) in [5.41, 5.74) is 24.9. The zero-order valence-electron chi connectivity index (χ0n) is 58.0. The molecule has 19 aromatic carbocycles. The Kier molecular flexibility index (Phi) is 12.7. The van der Waals surface area contributed by atoms with Crippen LogP contribution in [0.4, 0.5) is 34.1 Å². The summed E-state index contributed by atoms with van der Waals surface area (Å²) in [6, 6.07) is 129. The van der Waals surface area contributed by atoms with E-state index in [1.165, 1.54) is 159 Å². The van der Waals surface area contributed by atoms with Crippen molar-refractivity contribution in [3.63, 3.8) is 0 Å². The van der Waals surface area contributed by atoms with Crippen molar-refractivity contribution in [2.45, 2.75) is 13.3 Å². The Labute approximate surface area is 614 Å². The van der Waals surface area contributed by atoms with Gasteiger partial charge in [-0.05, 0) is 244 Å². The number of aryl methyl sites for hydroxylation is 1. The third-order valence-electron chi connectivity index (χ3n) is 23.7. The Hall–Kier alpha value is -13.4. The van der Waals surface area contributed by atoms with Crippen LogP contribution in [0.1, 0.15) is 16.7 Å². The molecule has 0 saturated heterocycles. The Balaban J connectivity index is 0.657. The van der Waals surface area contributed by atoms with Gasteiger partial charge < -0.3 is 19.3 Å². The maximum atomic E-state index is 7.75. The lowest BCUT2D eigenvalue weighted by Gasteiger charge is -2.44. The lowest BCUT2D eigenvalue weighted by Crippen LogP contribution is -2.61. The van der Waals surface area contributed by atoms with Crippen molar-refractivity contribution in [2.75, 3.05) is 9.80 Å². The van der Waals surface area contributed by atoms with Gasteiger partial charge >= 0.3 is 0 Å². The van der Waals surface area contributed by atoms with Crippen LogP contribution in [0.5, 0.6) is 23.0 Å². The van der Waals surface area contributed by atoms with E-state index in [0.717, 1.165) is 67.5 Å². The van der Waals surface area contributed by atoms with Gasteiger partial charge in [-0.15, -0.1) is 0 Å². The molecule has 0 amide bonds. The first kappa shape index (κ1) is 59.2. The second-order valence-corrected chi connectivity index (χ2v) is 29.2. The largest absolute Gasteiger partial charge is 0.458 e. The summed E-state index contributed by atoms with van der Waals surface area (Å²) in [5, 5.41) is 19.4. The molecule has 0 aromatic heterocycles. The predicted molar refractivity (Wildman–Crippen MR) is 448 cm³/mol. The van der Waals surface area contributed by atoms with Crippen LogP contribution < -0.4 is 52.1 Å². The third kappa shape index (κ3) is 8.67. The van der Waals surface area contributed by atoms with E-state index in [2.05, 4.69) is 363 Å². The van der Waals surface area contributed by atoms with Gasteiger partial charge in [0, 0.05) is 51.6 Å². The summed E-state index contributed by atoms with van der Waals surface area (Å²) < 4.78 is 15.1. The highest BCUT2D eigenvalue weighted by atomic mass is 16.5. The SMILES string of the molecule is Cc1c2c(cc3ccccc13)B1c3cc4ccccc4c(Cc4cccc5c(-c6ccc(N7c8ccccc8B8c9ccccc9N(c9ccc(-c%10c%11ccccc%11cc%11ccccc%10%11)cc9)c9cccc7c98)cc6)c6ccccc6cc45)c3Oc3cc(-c4c5ccccc5cc5ccccc45)cc(c31)O2. The molecule has 490 valence electrons. The van der Waals surface area contributed by atoms with Gasteiger partial charge in [-0.2, -0.15) is 0 Å². The van der Waals surface area contributed by atoms with Gasteiger partial charge in [0.15, 0.2) is 0 Å². The molecule has 19 aromatic rings. The minimum atomic E-state index is -0.167. The number of anilines is 6. The molecular weight excluding hydrogens is 1280 g/mol. The number of fused-ring (bicyclic) bond motifs is 16. The number of rotatable bonds is 7. The molecule has 0 atom stereocenters. The number of para-hydroxylation sites is 2. The first-order chi connectivity index (χ1) is 52.5. The minimum Gasteiger partial charge on any atom is -0.458 e. The summed E-state index contributed by atoms with van der Waals surface area (Å²) in [6.07, 6.45) is 0.632. The number of hydrogen-bond donors (Lipinski definition) is 0. The quantitative estimate of drug-likeness (QED) is 0.117. The Morgan fingerprint density at radius 1 is 0.264 bits per heavy atom.